The zero-order valence-electron chi connectivity index (χ0n) is 19.7. The van der Waals surface area contributed by atoms with Crippen LogP contribution in [0.5, 0.6) is 5.75 Å². The third kappa shape index (κ3) is 6.10. The van der Waals surface area contributed by atoms with Crippen molar-refractivity contribution in [2.24, 2.45) is 0 Å². The van der Waals surface area contributed by atoms with E-state index in [-0.39, 0.29) is 17.5 Å². The number of sulfonamides is 1. The topological polar surface area (TPSA) is 75.7 Å². The maximum absolute atomic E-state index is 13.5. The molecule has 6 nitrogen and oxygen atoms in total. The lowest BCUT2D eigenvalue weighted by atomic mass is 10.0. The zero-order chi connectivity index (χ0) is 24.9. The molecule has 0 aliphatic heterocycles. The fourth-order valence-electron chi connectivity index (χ4n) is 3.73. The average molecular weight is 501 g/mol. The summed E-state index contributed by atoms with van der Waals surface area (Å²) in [4.78, 5) is 13.1. The number of nitrogens with zero attached hydrogens (tertiary/aromatic N) is 1. The maximum atomic E-state index is 13.5. The lowest BCUT2D eigenvalue weighted by molar-refractivity contribution is -0.120. The molecular formula is C26H29ClN2O4S. The van der Waals surface area contributed by atoms with Gasteiger partial charge < -0.3 is 10.1 Å². The summed E-state index contributed by atoms with van der Waals surface area (Å²) in [5, 5.41) is 3.35. The van der Waals surface area contributed by atoms with Gasteiger partial charge in [-0.05, 0) is 87.4 Å². The number of halogens is 1. The number of rotatable bonds is 9. The number of benzene rings is 3. The number of carbonyl (C=O) groups is 1. The van der Waals surface area contributed by atoms with Crippen LogP contribution in [-0.4, -0.2) is 27.5 Å². The SMILES string of the molecule is CCOc1ccc(N(CC(=O)N[C@H](C)c2ccc(C)cc2C)S(=O)(=O)c2ccc(Cl)cc2)cc1. The quantitative estimate of drug-likeness (QED) is 0.425. The molecule has 0 unspecified atom stereocenters. The molecule has 0 radical (unpaired) electrons. The van der Waals surface area contributed by atoms with E-state index in [0.29, 0.717) is 23.1 Å². The first-order chi connectivity index (χ1) is 16.1. The molecule has 0 aliphatic carbocycles. The van der Waals surface area contributed by atoms with Crippen LogP contribution >= 0.6 is 11.6 Å². The largest absolute Gasteiger partial charge is 0.494 e. The van der Waals surface area contributed by atoms with Crippen molar-refractivity contribution < 1.29 is 17.9 Å². The second kappa shape index (κ2) is 10.9. The van der Waals surface area contributed by atoms with Crippen LogP contribution in [0, 0.1) is 13.8 Å². The Balaban J connectivity index is 1.90. The molecule has 0 aromatic heterocycles. The Morgan fingerprint density at radius 1 is 1.03 bits per heavy atom. The van der Waals surface area contributed by atoms with E-state index in [1.165, 1.54) is 24.3 Å². The van der Waals surface area contributed by atoms with Crippen molar-refractivity contribution in [1.82, 2.24) is 5.32 Å². The van der Waals surface area contributed by atoms with Crippen LogP contribution in [0.15, 0.2) is 71.6 Å². The minimum Gasteiger partial charge on any atom is -0.494 e. The van der Waals surface area contributed by atoms with E-state index in [2.05, 4.69) is 11.4 Å². The van der Waals surface area contributed by atoms with Crippen molar-refractivity contribution in [2.75, 3.05) is 17.5 Å². The van der Waals surface area contributed by atoms with E-state index >= 15 is 0 Å². The van der Waals surface area contributed by atoms with Gasteiger partial charge >= 0.3 is 0 Å². The normalized spacial score (nSPS) is 12.1. The first-order valence-corrected chi connectivity index (χ1v) is 12.8. The van der Waals surface area contributed by atoms with Gasteiger partial charge in [-0.15, -0.1) is 0 Å². The fraction of sp³-hybridized carbons (Fsp3) is 0.269. The summed E-state index contributed by atoms with van der Waals surface area (Å²) in [6.07, 6.45) is 0. The standard InChI is InChI=1S/C26H29ClN2O4S/c1-5-33-23-11-9-22(10-12-23)29(34(31,32)24-13-7-21(27)8-14-24)17-26(30)28-20(4)25-15-6-18(2)16-19(25)3/h6-16,20H,5,17H2,1-4H3,(H,28,30)/t20-/m1/s1. The minimum absolute atomic E-state index is 0.0426. The first kappa shape index (κ1) is 25.6. The fourth-order valence-corrected chi connectivity index (χ4v) is 5.28. The first-order valence-electron chi connectivity index (χ1n) is 11.0. The Kier molecular flexibility index (Phi) is 8.23. The van der Waals surface area contributed by atoms with Gasteiger partial charge in [-0.1, -0.05) is 35.4 Å². The predicted molar refractivity (Wildman–Crippen MR) is 136 cm³/mol. The Morgan fingerprint density at radius 3 is 2.26 bits per heavy atom. The lowest BCUT2D eigenvalue weighted by Gasteiger charge is -2.25. The lowest BCUT2D eigenvalue weighted by Crippen LogP contribution is -2.41. The average Bonchev–Trinajstić information content (AvgIpc) is 2.78. The third-order valence-electron chi connectivity index (χ3n) is 5.39. The second-order valence-electron chi connectivity index (χ2n) is 8.04. The summed E-state index contributed by atoms with van der Waals surface area (Å²) in [5.41, 5.74) is 3.53. The minimum atomic E-state index is -4.03. The van der Waals surface area contributed by atoms with Crippen LogP contribution < -0.4 is 14.4 Å². The van der Waals surface area contributed by atoms with Crippen LogP contribution in [0.1, 0.15) is 36.6 Å². The molecule has 3 aromatic rings. The van der Waals surface area contributed by atoms with E-state index in [0.717, 1.165) is 21.0 Å². The van der Waals surface area contributed by atoms with Gasteiger partial charge in [0.2, 0.25) is 5.91 Å². The van der Waals surface area contributed by atoms with Crippen molar-refractivity contribution in [2.45, 2.75) is 38.6 Å². The highest BCUT2D eigenvalue weighted by Crippen LogP contribution is 2.27. The molecular weight excluding hydrogens is 472 g/mol. The number of hydrogen-bond acceptors (Lipinski definition) is 4. The van der Waals surface area contributed by atoms with Gasteiger partial charge in [-0.25, -0.2) is 8.42 Å². The summed E-state index contributed by atoms with van der Waals surface area (Å²) >= 11 is 5.94. The van der Waals surface area contributed by atoms with Crippen molar-refractivity contribution in [3.05, 3.63) is 88.4 Å². The Hall–Kier alpha value is -3.03. The number of nitrogens with one attached hydrogen (secondary N) is 1. The summed E-state index contributed by atoms with van der Waals surface area (Å²) < 4.78 is 33.6. The number of carbonyl (C=O) groups excluding carboxylic acids is 1. The highest BCUT2D eigenvalue weighted by Gasteiger charge is 2.28. The molecule has 8 heteroatoms. The van der Waals surface area contributed by atoms with Crippen LogP contribution in [0.2, 0.25) is 5.02 Å². The van der Waals surface area contributed by atoms with Crippen LogP contribution in [0.4, 0.5) is 5.69 Å². The van der Waals surface area contributed by atoms with Crippen molar-refractivity contribution >= 4 is 33.2 Å². The maximum Gasteiger partial charge on any atom is 0.264 e. The predicted octanol–water partition coefficient (Wildman–Crippen LogP) is 5.43. The Bertz CT molecular complexity index is 1240. The van der Waals surface area contributed by atoms with Gasteiger partial charge in [0, 0.05) is 5.02 Å². The van der Waals surface area contributed by atoms with Gasteiger partial charge in [0.05, 0.1) is 23.2 Å². The highest BCUT2D eigenvalue weighted by molar-refractivity contribution is 7.92. The van der Waals surface area contributed by atoms with E-state index in [1.807, 2.05) is 39.8 Å². The molecule has 0 saturated carbocycles. The van der Waals surface area contributed by atoms with Crippen molar-refractivity contribution in [3.63, 3.8) is 0 Å². The number of hydrogen-bond donors (Lipinski definition) is 1. The Labute approximate surface area is 206 Å². The van der Waals surface area contributed by atoms with E-state index in [1.54, 1.807) is 24.3 Å². The van der Waals surface area contributed by atoms with Gasteiger partial charge in [0.15, 0.2) is 0 Å². The molecule has 3 aromatic carbocycles. The molecule has 0 heterocycles. The summed E-state index contributed by atoms with van der Waals surface area (Å²) in [6, 6.07) is 18.2. The molecule has 0 aliphatic rings. The number of amides is 1. The molecule has 0 saturated heterocycles. The van der Waals surface area contributed by atoms with Crippen LogP contribution in [0.25, 0.3) is 0 Å². The van der Waals surface area contributed by atoms with E-state index in [9.17, 15) is 13.2 Å². The zero-order valence-corrected chi connectivity index (χ0v) is 21.3. The monoisotopic (exact) mass is 500 g/mol. The van der Waals surface area contributed by atoms with Gasteiger partial charge in [0.1, 0.15) is 12.3 Å². The second-order valence-corrected chi connectivity index (χ2v) is 10.3. The molecule has 0 spiro atoms. The molecule has 180 valence electrons. The Morgan fingerprint density at radius 2 is 1.68 bits per heavy atom. The molecule has 34 heavy (non-hydrogen) atoms. The van der Waals surface area contributed by atoms with Gasteiger partial charge in [-0.2, -0.15) is 0 Å². The molecule has 1 N–H and O–H groups in total. The van der Waals surface area contributed by atoms with Crippen LogP contribution in [0.3, 0.4) is 0 Å². The highest BCUT2D eigenvalue weighted by atomic mass is 35.5. The molecule has 1 amide bonds. The molecule has 3 rings (SSSR count). The van der Waals surface area contributed by atoms with Crippen LogP contribution in [-0.2, 0) is 14.8 Å². The third-order valence-corrected chi connectivity index (χ3v) is 7.43. The molecule has 0 fully saturated rings. The van der Waals surface area contributed by atoms with E-state index in [4.69, 9.17) is 16.3 Å². The van der Waals surface area contributed by atoms with Gasteiger partial charge in [-0.3, -0.25) is 9.10 Å². The van der Waals surface area contributed by atoms with Gasteiger partial charge in [0.25, 0.3) is 10.0 Å². The smallest absolute Gasteiger partial charge is 0.264 e. The molecule has 1 atom stereocenters. The van der Waals surface area contributed by atoms with Crippen molar-refractivity contribution in [3.8, 4) is 5.75 Å². The summed E-state index contributed by atoms with van der Waals surface area (Å²) in [6.45, 7) is 7.86. The number of aryl methyl sites for hydroxylation is 2. The molecule has 0 bridgehead atoms. The number of ether oxygens (including phenoxy) is 1. The summed E-state index contributed by atoms with van der Waals surface area (Å²) in [5.74, 6) is 0.196. The summed E-state index contributed by atoms with van der Waals surface area (Å²) in [7, 11) is -4.03. The van der Waals surface area contributed by atoms with E-state index < -0.39 is 15.9 Å². The van der Waals surface area contributed by atoms with Crippen molar-refractivity contribution in [1.29, 1.82) is 0 Å². The number of anilines is 1.